The molecule has 120 valence electrons. The lowest BCUT2D eigenvalue weighted by Gasteiger charge is -2.17. The van der Waals surface area contributed by atoms with E-state index in [4.69, 9.17) is 9.47 Å². The van der Waals surface area contributed by atoms with Crippen molar-refractivity contribution < 1.29 is 18.3 Å². The molecule has 1 aromatic carbocycles. The molecule has 1 N–H and O–H groups in total. The number of nitrogens with one attached hydrogen (secondary N) is 1. The van der Waals surface area contributed by atoms with E-state index < -0.39 is 13.0 Å². The van der Waals surface area contributed by atoms with Crippen LogP contribution in [0.1, 0.15) is 44.4 Å². The molecule has 5 heteroatoms. The number of hydrogen-bond acceptors (Lipinski definition) is 3. The summed E-state index contributed by atoms with van der Waals surface area (Å²) in [4.78, 5) is 0. The van der Waals surface area contributed by atoms with E-state index in [0.717, 1.165) is 24.1 Å². The molecule has 0 aliphatic carbocycles. The first kappa shape index (κ1) is 17.9. The summed E-state index contributed by atoms with van der Waals surface area (Å²) in [6, 6.07) is 6.04. The molecule has 1 unspecified atom stereocenters. The van der Waals surface area contributed by atoms with Crippen LogP contribution in [0.4, 0.5) is 8.78 Å². The van der Waals surface area contributed by atoms with Crippen LogP contribution in [-0.4, -0.2) is 26.2 Å². The molecule has 1 rings (SSSR count). The van der Waals surface area contributed by atoms with E-state index in [9.17, 15) is 8.78 Å². The number of halogens is 2. The molecule has 0 amide bonds. The Bertz CT molecular complexity index is 413. The second-order valence-electron chi connectivity index (χ2n) is 4.88. The predicted octanol–water partition coefficient (Wildman–Crippen LogP) is 3.93. The van der Waals surface area contributed by atoms with Crippen molar-refractivity contribution >= 4 is 0 Å². The Morgan fingerprint density at radius 3 is 2.62 bits per heavy atom. The molecule has 0 aliphatic heterocycles. The molecule has 1 atom stereocenters. The Morgan fingerprint density at radius 1 is 1.24 bits per heavy atom. The van der Waals surface area contributed by atoms with Crippen molar-refractivity contribution in [2.45, 2.75) is 46.3 Å². The zero-order valence-electron chi connectivity index (χ0n) is 13.0. The first-order chi connectivity index (χ1) is 10.1. The van der Waals surface area contributed by atoms with Gasteiger partial charge in [-0.05, 0) is 44.5 Å². The van der Waals surface area contributed by atoms with Crippen molar-refractivity contribution in [3.63, 3.8) is 0 Å². The highest BCUT2D eigenvalue weighted by Crippen LogP contribution is 2.24. The lowest BCUT2D eigenvalue weighted by Crippen LogP contribution is -2.19. The normalized spacial score (nSPS) is 12.7. The molecule has 0 saturated carbocycles. The third kappa shape index (κ3) is 6.40. The molecule has 0 aliphatic rings. The molecular weight excluding hydrogens is 276 g/mol. The number of ether oxygens (including phenoxy) is 2. The minimum atomic E-state index is -2.45. The molecule has 0 heterocycles. The van der Waals surface area contributed by atoms with Crippen LogP contribution in [0.3, 0.4) is 0 Å². The Labute approximate surface area is 125 Å². The van der Waals surface area contributed by atoms with Gasteiger partial charge in [0.1, 0.15) is 12.4 Å². The Balaban J connectivity index is 2.78. The summed E-state index contributed by atoms with van der Waals surface area (Å²) >= 11 is 0. The second-order valence-corrected chi connectivity index (χ2v) is 4.88. The highest BCUT2D eigenvalue weighted by Gasteiger charge is 2.11. The van der Waals surface area contributed by atoms with Gasteiger partial charge in [-0.3, -0.25) is 0 Å². The van der Waals surface area contributed by atoms with Crippen LogP contribution in [0, 0.1) is 0 Å². The molecular formula is C16H25F2NO2. The van der Waals surface area contributed by atoms with Gasteiger partial charge in [0.15, 0.2) is 0 Å². The Hall–Kier alpha value is -1.20. The Morgan fingerprint density at radius 2 is 2.00 bits per heavy atom. The van der Waals surface area contributed by atoms with Crippen LogP contribution in [0.5, 0.6) is 5.75 Å². The molecule has 0 spiro atoms. The third-order valence-electron chi connectivity index (χ3n) is 3.09. The zero-order chi connectivity index (χ0) is 15.7. The summed E-state index contributed by atoms with van der Waals surface area (Å²) in [6.07, 6.45) is -1.39. The quantitative estimate of drug-likeness (QED) is 0.710. The average molecular weight is 301 g/mol. The van der Waals surface area contributed by atoms with Crippen molar-refractivity contribution in [1.29, 1.82) is 0 Å². The van der Waals surface area contributed by atoms with Gasteiger partial charge in [0.05, 0.1) is 13.2 Å². The zero-order valence-corrected chi connectivity index (χ0v) is 13.0. The number of hydrogen-bond donors (Lipinski definition) is 1. The monoisotopic (exact) mass is 301 g/mol. The van der Waals surface area contributed by atoms with Gasteiger partial charge in [0, 0.05) is 11.6 Å². The molecule has 3 nitrogen and oxygen atoms in total. The van der Waals surface area contributed by atoms with E-state index in [1.165, 1.54) is 0 Å². The highest BCUT2D eigenvalue weighted by molar-refractivity contribution is 5.38. The van der Waals surface area contributed by atoms with Gasteiger partial charge in [-0.1, -0.05) is 13.0 Å². The van der Waals surface area contributed by atoms with Crippen LogP contribution >= 0.6 is 0 Å². The molecule has 0 aromatic heterocycles. The standard InChI is InChI=1S/C16H25F2NO2/c1-4-8-19-12(3)13-6-7-15(21-5-2)14(9-13)10-20-11-16(17)18/h6-7,9,12,16,19H,4-5,8,10-11H2,1-3H3. The molecule has 0 radical (unpaired) electrons. The number of alkyl halides is 2. The molecule has 0 fully saturated rings. The molecule has 0 bridgehead atoms. The van der Waals surface area contributed by atoms with Crippen LogP contribution < -0.4 is 10.1 Å². The summed E-state index contributed by atoms with van der Waals surface area (Å²) in [5.41, 5.74) is 1.91. The predicted molar refractivity (Wildman–Crippen MR) is 80.0 cm³/mol. The maximum Gasteiger partial charge on any atom is 0.261 e. The van der Waals surface area contributed by atoms with Crippen LogP contribution in [0.2, 0.25) is 0 Å². The van der Waals surface area contributed by atoms with E-state index >= 15 is 0 Å². The fourth-order valence-corrected chi connectivity index (χ4v) is 2.01. The highest BCUT2D eigenvalue weighted by atomic mass is 19.3. The van der Waals surface area contributed by atoms with Gasteiger partial charge in [-0.15, -0.1) is 0 Å². The van der Waals surface area contributed by atoms with Gasteiger partial charge < -0.3 is 14.8 Å². The van der Waals surface area contributed by atoms with Crippen LogP contribution in [0.15, 0.2) is 18.2 Å². The van der Waals surface area contributed by atoms with Crippen LogP contribution in [-0.2, 0) is 11.3 Å². The summed E-state index contributed by atoms with van der Waals surface area (Å²) in [7, 11) is 0. The average Bonchev–Trinajstić information content (AvgIpc) is 2.46. The number of benzene rings is 1. The van der Waals surface area contributed by atoms with E-state index in [1.54, 1.807) is 0 Å². The van der Waals surface area contributed by atoms with Gasteiger partial charge in [0.25, 0.3) is 6.43 Å². The maximum absolute atomic E-state index is 12.2. The van der Waals surface area contributed by atoms with Crippen molar-refractivity contribution in [1.82, 2.24) is 5.32 Å². The summed E-state index contributed by atoms with van der Waals surface area (Å²) in [5.74, 6) is 0.693. The lowest BCUT2D eigenvalue weighted by molar-refractivity contribution is 0.00919. The van der Waals surface area contributed by atoms with Crippen molar-refractivity contribution in [2.75, 3.05) is 19.8 Å². The smallest absolute Gasteiger partial charge is 0.261 e. The SMILES string of the molecule is CCCNC(C)c1ccc(OCC)c(COCC(F)F)c1. The van der Waals surface area contributed by atoms with Gasteiger partial charge in [-0.2, -0.15) is 0 Å². The second kappa shape index (κ2) is 9.68. The van der Waals surface area contributed by atoms with E-state index in [1.807, 2.05) is 25.1 Å². The maximum atomic E-state index is 12.2. The topological polar surface area (TPSA) is 30.5 Å². The number of rotatable bonds is 10. The fourth-order valence-electron chi connectivity index (χ4n) is 2.01. The van der Waals surface area contributed by atoms with Crippen molar-refractivity contribution in [3.8, 4) is 5.75 Å². The first-order valence-corrected chi connectivity index (χ1v) is 7.43. The molecule has 21 heavy (non-hydrogen) atoms. The minimum absolute atomic E-state index is 0.133. The summed E-state index contributed by atoms with van der Waals surface area (Å²) in [5, 5.41) is 3.40. The largest absolute Gasteiger partial charge is 0.494 e. The molecule has 0 saturated heterocycles. The third-order valence-corrected chi connectivity index (χ3v) is 3.09. The minimum Gasteiger partial charge on any atom is -0.494 e. The van der Waals surface area contributed by atoms with E-state index in [0.29, 0.717) is 12.4 Å². The molecule has 1 aromatic rings. The Kier molecular flexibility index (Phi) is 8.23. The van der Waals surface area contributed by atoms with E-state index in [2.05, 4.69) is 19.2 Å². The van der Waals surface area contributed by atoms with Gasteiger partial charge in [0.2, 0.25) is 0 Å². The van der Waals surface area contributed by atoms with E-state index in [-0.39, 0.29) is 12.6 Å². The summed E-state index contributed by atoms with van der Waals surface area (Å²) < 4.78 is 34.9. The van der Waals surface area contributed by atoms with Crippen molar-refractivity contribution in [3.05, 3.63) is 29.3 Å². The van der Waals surface area contributed by atoms with Crippen molar-refractivity contribution in [2.24, 2.45) is 0 Å². The fraction of sp³-hybridized carbons (Fsp3) is 0.625. The van der Waals surface area contributed by atoms with Crippen LogP contribution in [0.25, 0.3) is 0 Å². The lowest BCUT2D eigenvalue weighted by atomic mass is 10.0. The summed E-state index contributed by atoms with van der Waals surface area (Å²) in [6.45, 7) is 7.13. The van der Waals surface area contributed by atoms with Gasteiger partial charge in [-0.25, -0.2) is 8.78 Å². The van der Waals surface area contributed by atoms with Gasteiger partial charge >= 0.3 is 0 Å². The first-order valence-electron chi connectivity index (χ1n) is 7.43.